The van der Waals surface area contributed by atoms with Gasteiger partial charge >= 0.3 is 0 Å². The number of carbonyl (C=O) groups is 1. The first-order valence-electron chi connectivity index (χ1n) is 7.79. The molecule has 2 atom stereocenters. The summed E-state index contributed by atoms with van der Waals surface area (Å²) in [4.78, 5) is 12.5. The molecular weight excluding hydrogens is 250 g/mol. The highest BCUT2D eigenvalue weighted by Crippen LogP contribution is 2.27. The molecule has 4 heteroatoms. The third-order valence-electron chi connectivity index (χ3n) is 4.35. The minimum absolute atomic E-state index is 0.0113. The molecule has 1 fully saturated rings. The van der Waals surface area contributed by atoms with Crippen LogP contribution in [-0.2, 0) is 0 Å². The minimum Gasteiger partial charge on any atom is -0.397 e. The molecule has 3 N–H and O–H groups in total. The van der Waals surface area contributed by atoms with Crippen LogP contribution in [0.4, 0.5) is 5.69 Å². The Kier molecular flexibility index (Phi) is 4.73. The topological polar surface area (TPSA) is 60.1 Å². The Hall–Kier alpha value is -1.45. The molecule has 2 unspecified atom stereocenters. The maximum Gasteiger partial charge on any atom is 0.268 e. The number of rotatable bonds is 4. The van der Waals surface area contributed by atoms with Crippen molar-refractivity contribution in [2.45, 2.75) is 65.0 Å². The summed E-state index contributed by atoms with van der Waals surface area (Å²) < 4.78 is 1.95. The molecule has 0 saturated heterocycles. The van der Waals surface area contributed by atoms with Crippen molar-refractivity contribution in [2.75, 3.05) is 5.73 Å². The molecule has 0 aliphatic heterocycles. The van der Waals surface area contributed by atoms with E-state index in [1.54, 1.807) is 6.07 Å². The highest BCUT2D eigenvalue weighted by Gasteiger charge is 2.24. The molecule has 1 heterocycles. The molecule has 4 nitrogen and oxygen atoms in total. The van der Waals surface area contributed by atoms with Gasteiger partial charge < -0.3 is 15.6 Å². The second-order valence-electron chi connectivity index (χ2n) is 6.27. The van der Waals surface area contributed by atoms with E-state index in [4.69, 9.17) is 5.73 Å². The molecule has 1 amide bonds. The molecule has 1 aliphatic carbocycles. The van der Waals surface area contributed by atoms with E-state index < -0.39 is 0 Å². The Balaban J connectivity index is 2.04. The van der Waals surface area contributed by atoms with Gasteiger partial charge in [0.05, 0.1) is 5.69 Å². The van der Waals surface area contributed by atoms with Gasteiger partial charge in [0.25, 0.3) is 5.91 Å². The molecule has 1 aromatic rings. The zero-order valence-electron chi connectivity index (χ0n) is 12.9. The summed E-state index contributed by atoms with van der Waals surface area (Å²) in [6.07, 6.45) is 7.78. The van der Waals surface area contributed by atoms with Crippen molar-refractivity contribution in [3.05, 3.63) is 18.0 Å². The van der Waals surface area contributed by atoms with Gasteiger partial charge in [-0.25, -0.2) is 0 Å². The number of amides is 1. The van der Waals surface area contributed by atoms with E-state index in [0.29, 0.717) is 17.4 Å². The summed E-state index contributed by atoms with van der Waals surface area (Å²) in [6.45, 7) is 6.35. The lowest BCUT2D eigenvalue weighted by molar-refractivity contribution is 0.0908. The van der Waals surface area contributed by atoms with E-state index in [9.17, 15) is 4.79 Å². The number of hydrogen-bond acceptors (Lipinski definition) is 2. The van der Waals surface area contributed by atoms with Crippen molar-refractivity contribution in [3.8, 4) is 0 Å². The van der Waals surface area contributed by atoms with Crippen molar-refractivity contribution < 1.29 is 4.79 Å². The Morgan fingerprint density at radius 2 is 2.25 bits per heavy atom. The number of anilines is 1. The molecule has 0 spiro atoms. The van der Waals surface area contributed by atoms with E-state index >= 15 is 0 Å². The first-order valence-corrected chi connectivity index (χ1v) is 7.79. The molecule has 1 aromatic heterocycles. The lowest BCUT2D eigenvalue weighted by Crippen LogP contribution is -2.39. The predicted molar refractivity (Wildman–Crippen MR) is 82.7 cm³/mol. The first kappa shape index (κ1) is 14.9. The summed E-state index contributed by atoms with van der Waals surface area (Å²) in [6, 6.07) is 2.33. The van der Waals surface area contributed by atoms with E-state index in [2.05, 4.69) is 26.1 Å². The van der Waals surface area contributed by atoms with Crippen LogP contribution in [0.1, 0.15) is 69.4 Å². The zero-order chi connectivity index (χ0) is 14.7. The standard InChI is InChI=1S/C16H27N3O/c1-4-12-6-5-7-14(8-12)18-16(20)15-9-13(17)10-19(15)11(2)3/h9-12,14H,4-8,17H2,1-3H3,(H,18,20). The smallest absolute Gasteiger partial charge is 0.268 e. The number of nitrogens with one attached hydrogen (secondary N) is 1. The zero-order valence-corrected chi connectivity index (χ0v) is 12.9. The summed E-state index contributed by atoms with van der Waals surface area (Å²) >= 11 is 0. The fourth-order valence-corrected chi connectivity index (χ4v) is 3.16. The van der Waals surface area contributed by atoms with Gasteiger partial charge in [-0.2, -0.15) is 0 Å². The second-order valence-corrected chi connectivity index (χ2v) is 6.27. The molecular formula is C16H27N3O. The minimum atomic E-state index is 0.0113. The Morgan fingerprint density at radius 1 is 1.50 bits per heavy atom. The number of aromatic nitrogens is 1. The molecule has 112 valence electrons. The first-order chi connectivity index (χ1) is 9.51. The summed E-state index contributed by atoms with van der Waals surface area (Å²) in [7, 11) is 0. The summed E-state index contributed by atoms with van der Waals surface area (Å²) in [5.41, 5.74) is 7.16. The van der Waals surface area contributed by atoms with E-state index in [0.717, 1.165) is 18.8 Å². The van der Waals surface area contributed by atoms with E-state index in [1.807, 2.05) is 10.8 Å². The maximum absolute atomic E-state index is 12.5. The third-order valence-corrected chi connectivity index (χ3v) is 4.35. The average Bonchev–Trinajstić information content (AvgIpc) is 2.81. The van der Waals surface area contributed by atoms with Gasteiger partial charge in [0.2, 0.25) is 0 Å². The van der Waals surface area contributed by atoms with Gasteiger partial charge in [-0.05, 0) is 38.7 Å². The van der Waals surface area contributed by atoms with Crippen molar-refractivity contribution in [1.29, 1.82) is 0 Å². The monoisotopic (exact) mass is 277 g/mol. The van der Waals surface area contributed by atoms with Crippen LogP contribution in [-0.4, -0.2) is 16.5 Å². The van der Waals surface area contributed by atoms with Gasteiger partial charge in [-0.3, -0.25) is 4.79 Å². The highest BCUT2D eigenvalue weighted by atomic mass is 16.2. The van der Waals surface area contributed by atoms with Gasteiger partial charge in [-0.15, -0.1) is 0 Å². The normalized spacial score (nSPS) is 23.0. The van der Waals surface area contributed by atoms with Crippen LogP contribution < -0.4 is 11.1 Å². The fourth-order valence-electron chi connectivity index (χ4n) is 3.16. The van der Waals surface area contributed by atoms with Gasteiger partial charge in [0.15, 0.2) is 0 Å². The number of hydrogen-bond donors (Lipinski definition) is 2. The van der Waals surface area contributed by atoms with Crippen molar-refractivity contribution >= 4 is 11.6 Å². The Bertz CT molecular complexity index is 464. The van der Waals surface area contributed by atoms with Gasteiger partial charge in [0, 0.05) is 18.3 Å². The van der Waals surface area contributed by atoms with Crippen LogP contribution in [0.3, 0.4) is 0 Å². The SMILES string of the molecule is CCC1CCCC(NC(=O)c2cc(N)cn2C(C)C)C1. The predicted octanol–water partition coefficient (Wildman–Crippen LogP) is 3.35. The van der Waals surface area contributed by atoms with Gasteiger partial charge in [0.1, 0.15) is 5.69 Å². The summed E-state index contributed by atoms with van der Waals surface area (Å²) in [5.74, 6) is 0.771. The quantitative estimate of drug-likeness (QED) is 0.886. The molecule has 0 radical (unpaired) electrons. The maximum atomic E-state index is 12.5. The van der Waals surface area contributed by atoms with Crippen LogP contribution in [0.5, 0.6) is 0 Å². The van der Waals surface area contributed by atoms with Crippen LogP contribution >= 0.6 is 0 Å². The van der Waals surface area contributed by atoms with Crippen molar-refractivity contribution in [3.63, 3.8) is 0 Å². The van der Waals surface area contributed by atoms with Crippen LogP contribution in [0.15, 0.2) is 12.3 Å². The number of carbonyl (C=O) groups excluding carboxylic acids is 1. The highest BCUT2D eigenvalue weighted by molar-refractivity contribution is 5.94. The van der Waals surface area contributed by atoms with Crippen LogP contribution in [0.25, 0.3) is 0 Å². The summed E-state index contributed by atoms with van der Waals surface area (Å²) in [5, 5.41) is 3.19. The van der Waals surface area contributed by atoms with Crippen molar-refractivity contribution in [2.24, 2.45) is 5.92 Å². The Labute approximate surface area is 121 Å². The lowest BCUT2D eigenvalue weighted by atomic mass is 9.84. The van der Waals surface area contributed by atoms with E-state index in [1.165, 1.54) is 19.3 Å². The number of nitrogens with two attached hydrogens (primary N) is 1. The molecule has 0 aromatic carbocycles. The van der Waals surface area contributed by atoms with Gasteiger partial charge in [-0.1, -0.05) is 26.2 Å². The largest absolute Gasteiger partial charge is 0.397 e. The van der Waals surface area contributed by atoms with Crippen LogP contribution in [0, 0.1) is 5.92 Å². The van der Waals surface area contributed by atoms with E-state index in [-0.39, 0.29) is 11.9 Å². The second kappa shape index (κ2) is 6.33. The molecule has 0 bridgehead atoms. The molecule has 2 rings (SSSR count). The molecule has 1 aliphatic rings. The molecule has 20 heavy (non-hydrogen) atoms. The third kappa shape index (κ3) is 3.35. The lowest BCUT2D eigenvalue weighted by Gasteiger charge is -2.29. The van der Waals surface area contributed by atoms with Crippen LogP contribution in [0.2, 0.25) is 0 Å². The average molecular weight is 277 g/mol. The van der Waals surface area contributed by atoms with Crippen molar-refractivity contribution in [1.82, 2.24) is 9.88 Å². The molecule has 1 saturated carbocycles. The Morgan fingerprint density at radius 3 is 2.90 bits per heavy atom. The number of nitrogen functional groups attached to an aromatic ring is 1. The fraction of sp³-hybridized carbons (Fsp3) is 0.688. The number of nitrogens with zero attached hydrogens (tertiary/aromatic N) is 1.